The summed E-state index contributed by atoms with van der Waals surface area (Å²) in [6.07, 6.45) is 5.28. The molecule has 0 amide bonds. The van der Waals surface area contributed by atoms with E-state index in [0.717, 1.165) is 25.7 Å². The molecule has 0 saturated heterocycles. The van der Waals surface area contributed by atoms with E-state index in [1.54, 1.807) is 0 Å². The Morgan fingerprint density at radius 1 is 0.818 bits per heavy atom. The third-order valence-electron chi connectivity index (χ3n) is 2.35. The topological polar surface area (TPSA) is 64.5 Å². The van der Waals surface area contributed by atoms with Crippen molar-refractivity contribution in [1.29, 1.82) is 0 Å². The maximum atomic E-state index is 8.72. The van der Waals surface area contributed by atoms with Crippen molar-refractivity contribution in [3.05, 3.63) is 0 Å². The predicted molar refractivity (Wildman–Crippen MR) is 40.5 cm³/mol. The van der Waals surface area contributed by atoms with Crippen LogP contribution in [0.4, 0.5) is 0 Å². The number of hydrogen-bond acceptors (Lipinski definition) is 4. The van der Waals surface area contributed by atoms with E-state index in [9.17, 15) is 0 Å². The van der Waals surface area contributed by atoms with Crippen molar-refractivity contribution >= 4 is 0 Å². The fourth-order valence-corrected chi connectivity index (χ4v) is 1.62. The van der Waals surface area contributed by atoms with Crippen LogP contribution in [-0.2, 0) is 0 Å². The Labute approximate surface area is 66.5 Å². The predicted octanol–water partition coefficient (Wildman–Crippen LogP) is 0.645. The van der Waals surface area contributed by atoms with Gasteiger partial charge in [-0.15, -0.1) is 0 Å². The van der Waals surface area contributed by atoms with Gasteiger partial charge in [-0.3, -0.25) is 0 Å². The van der Waals surface area contributed by atoms with Crippen LogP contribution in [-0.4, -0.2) is 22.5 Å². The van der Waals surface area contributed by atoms with Gasteiger partial charge in [0.25, 0.3) is 0 Å². The number of rotatable bonds is 2. The first-order chi connectivity index (χ1) is 5.38. The Hall–Kier alpha value is -0.160. The van der Waals surface area contributed by atoms with Gasteiger partial charge in [-0.2, -0.15) is 0 Å². The first kappa shape index (κ1) is 8.93. The van der Waals surface area contributed by atoms with E-state index in [0.29, 0.717) is 0 Å². The van der Waals surface area contributed by atoms with Gasteiger partial charge in [0.05, 0.1) is 0 Å². The van der Waals surface area contributed by atoms with E-state index in [1.807, 2.05) is 0 Å². The highest BCUT2D eigenvalue weighted by Crippen LogP contribution is 2.17. The van der Waals surface area contributed by atoms with E-state index in [-0.39, 0.29) is 12.1 Å². The van der Waals surface area contributed by atoms with Crippen LogP contribution in [0, 0.1) is 0 Å². The Morgan fingerprint density at radius 2 is 1.27 bits per heavy atom. The molecule has 2 atom stereocenters. The summed E-state index contributed by atoms with van der Waals surface area (Å²) in [4.78, 5) is 0. The standard InChI is InChI=1S/C7H16N2O2/c10-8-6-4-2-1-3-5-7(6)9-11/h6-11H,1-5H2. The van der Waals surface area contributed by atoms with Crippen molar-refractivity contribution in [3.8, 4) is 0 Å². The van der Waals surface area contributed by atoms with Crippen LogP contribution in [0.2, 0.25) is 0 Å². The van der Waals surface area contributed by atoms with Gasteiger partial charge in [0, 0.05) is 12.1 Å². The lowest BCUT2D eigenvalue weighted by Crippen LogP contribution is -2.44. The monoisotopic (exact) mass is 160 g/mol. The van der Waals surface area contributed by atoms with Crippen molar-refractivity contribution in [2.24, 2.45) is 0 Å². The minimum Gasteiger partial charge on any atom is -0.316 e. The van der Waals surface area contributed by atoms with Gasteiger partial charge in [-0.05, 0) is 12.8 Å². The minimum absolute atomic E-state index is 0.00231. The normalized spacial score (nSPS) is 33.3. The quantitative estimate of drug-likeness (QED) is 0.354. The smallest absolute Gasteiger partial charge is 0.0495 e. The summed E-state index contributed by atoms with van der Waals surface area (Å²) in [5.41, 5.74) is 4.44. The third kappa shape index (κ3) is 2.41. The molecule has 1 rings (SSSR count). The molecule has 0 spiro atoms. The molecule has 4 nitrogen and oxygen atoms in total. The fraction of sp³-hybridized carbons (Fsp3) is 1.00. The van der Waals surface area contributed by atoms with E-state index >= 15 is 0 Å². The highest BCUT2D eigenvalue weighted by molar-refractivity contribution is 4.79. The number of nitrogens with one attached hydrogen (secondary N) is 2. The molecule has 0 aliphatic heterocycles. The second-order valence-corrected chi connectivity index (χ2v) is 3.11. The van der Waals surface area contributed by atoms with Crippen molar-refractivity contribution in [1.82, 2.24) is 11.0 Å². The Morgan fingerprint density at radius 3 is 1.64 bits per heavy atom. The molecule has 1 aliphatic carbocycles. The average Bonchev–Trinajstić information content (AvgIpc) is 2.27. The van der Waals surface area contributed by atoms with Crippen LogP contribution < -0.4 is 11.0 Å². The van der Waals surface area contributed by atoms with Crippen LogP contribution in [0.15, 0.2) is 0 Å². The van der Waals surface area contributed by atoms with E-state index < -0.39 is 0 Å². The van der Waals surface area contributed by atoms with E-state index in [4.69, 9.17) is 10.4 Å². The molecule has 0 bridgehead atoms. The van der Waals surface area contributed by atoms with Crippen molar-refractivity contribution in [2.75, 3.05) is 0 Å². The largest absolute Gasteiger partial charge is 0.316 e. The van der Waals surface area contributed by atoms with Gasteiger partial charge >= 0.3 is 0 Å². The summed E-state index contributed by atoms with van der Waals surface area (Å²) in [7, 11) is 0. The molecule has 4 N–H and O–H groups in total. The van der Waals surface area contributed by atoms with Crippen LogP contribution in [0.5, 0.6) is 0 Å². The summed E-state index contributed by atoms with van der Waals surface area (Å²) in [5, 5.41) is 17.4. The summed E-state index contributed by atoms with van der Waals surface area (Å²) in [6.45, 7) is 0. The average molecular weight is 160 g/mol. The summed E-state index contributed by atoms with van der Waals surface area (Å²) >= 11 is 0. The van der Waals surface area contributed by atoms with Gasteiger partial charge in [0.15, 0.2) is 0 Å². The SMILES string of the molecule is ONC1CCCCCC1NO. The van der Waals surface area contributed by atoms with Crippen LogP contribution >= 0.6 is 0 Å². The maximum absolute atomic E-state index is 8.72. The zero-order valence-corrected chi connectivity index (χ0v) is 6.58. The maximum Gasteiger partial charge on any atom is 0.0495 e. The van der Waals surface area contributed by atoms with Gasteiger partial charge in [-0.1, -0.05) is 19.3 Å². The van der Waals surface area contributed by atoms with Crippen LogP contribution in [0.25, 0.3) is 0 Å². The molecule has 66 valence electrons. The van der Waals surface area contributed by atoms with Gasteiger partial charge in [-0.25, -0.2) is 11.0 Å². The van der Waals surface area contributed by atoms with Gasteiger partial charge in [0.1, 0.15) is 0 Å². The molecule has 0 heterocycles. The molecule has 0 aromatic heterocycles. The Balaban J connectivity index is 2.41. The molecule has 0 radical (unpaired) electrons. The minimum atomic E-state index is 0.00231. The number of hydrogen-bond donors (Lipinski definition) is 4. The second kappa shape index (κ2) is 4.66. The molecule has 4 heteroatoms. The lowest BCUT2D eigenvalue weighted by molar-refractivity contribution is 0.0483. The molecular weight excluding hydrogens is 144 g/mol. The molecule has 1 fully saturated rings. The first-order valence-corrected chi connectivity index (χ1v) is 4.17. The van der Waals surface area contributed by atoms with Crippen LogP contribution in [0.1, 0.15) is 32.1 Å². The van der Waals surface area contributed by atoms with Crippen molar-refractivity contribution < 1.29 is 10.4 Å². The second-order valence-electron chi connectivity index (χ2n) is 3.11. The molecule has 0 aromatic carbocycles. The van der Waals surface area contributed by atoms with Crippen LogP contribution in [0.3, 0.4) is 0 Å². The molecule has 1 aliphatic rings. The zero-order chi connectivity index (χ0) is 8.10. The summed E-state index contributed by atoms with van der Waals surface area (Å²) in [6, 6.07) is 0.00463. The summed E-state index contributed by atoms with van der Waals surface area (Å²) < 4.78 is 0. The first-order valence-electron chi connectivity index (χ1n) is 4.17. The third-order valence-corrected chi connectivity index (χ3v) is 2.35. The molecule has 11 heavy (non-hydrogen) atoms. The van der Waals surface area contributed by atoms with E-state index in [1.165, 1.54) is 6.42 Å². The Kier molecular flexibility index (Phi) is 3.79. The van der Waals surface area contributed by atoms with E-state index in [2.05, 4.69) is 11.0 Å². The highest BCUT2D eigenvalue weighted by Gasteiger charge is 2.21. The van der Waals surface area contributed by atoms with Crippen molar-refractivity contribution in [2.45, 2.75) is 44.2 Å². The molecule has 1 saturated carbocycles. The fourth-order valence-electron chi connectivity index (χ4n) is 1.62. The summed E-state index contributed by atoms with van der Waals surface area (Å²) in [5.74, 6) is 0. The molecular formula is C7H16N2O2. The van der Waals surface area contributed by atoms with Gasteiger partial charge < -0.3 is 10.4 Å². The lowest BCUT2D eigenvalue weighted by atomic mass is 10.1. The molecule has 2 unspecified atom stereocenters. The number of hydroxylamine groups is 2. The zero-order valence-electron chi connectivity index (χ0n) is 6.58. The van der Waals surface area contributed by atoms with Gasteiger partial charge in [0.2, 0.25) is 0 Å². The lowest BCUT2D eigenvalue weighted by Gasteiger charge is -2.21. The van der Waals surface area contributed by atoms with Crippen molar-refractivity contribution in [3.63, 3.8) is 0 Å². The molecule has 0 aromatic rings. The highest BCUT2D eigenvalue weighted by atomic mass is 16.5. The Bertz CT molecular complexity index is 98.6.